The van der Waals surface area contributed by atoms with Crippen LogP contribution in [0, 0.1) is 5.82 Å². The van der Waals surface area contributed by atoms with E-state index < -0.39 is 0 Å². The van der Waals surface area contributed by atoms with Gasteiger partial charge in [0, 0.05) is 45.1 Å². The lowest BCUT2D eigenvalue weighted by Gasteiger charge is -2.21. The van der Waals surface area contributed by atoms with Gasteiger partial charge in [0.25, 0.3) is 0 Å². The van der Waals surface area contributed by atoms with E-state index in [1.54, 1.807) is 12.3 Å². The first-order valence-corrected chi connectivity index (χ1v) is 9.70. The number of aliphatic imine (C=N–C) groups is 1. The van der Waals surface area contributed by atoms with E-state index in [2.05, 4.69) is 20.7 Å². The summed E-state index contributed by atoms with van der Waals surface area (Å²) in [4.78, 5) is 6.57. The zero-order chi connectivity index (χ0) is 19.5. The van der Waals surface area contributed by atoms with E-state index in [1.807, 2.05) is 54.7 Å². The maximum Gasteiger partial charge on any atom is 0.191 e. The standard InChI is InChI=1S/C20H31FN6/c1-4-22-20(23-11-7-13-27-14-8-12-25-27)24-16-17-9-10-19(18(21)15-17)26(5-2)6-3/h8-10,12,14-15H,4-7,11,13,16H2,1-3H3,(H2,22,23,24). The predicted molar refractivity (Wildman–Crippen MR) is 110 cm³/mol. The summed E-state index contributed by atoms with van der Waals surface area (Å²) < 4.78 is 16.3. The van der Waals surface area contributed by atoms with Gasteiger partial charge in [0.15, 0.2) is 5.96 Å². The van der Waals surface area contributed by atoms with Crippen LogP contribution in [-0.4, -0.2) is 41.9 Å². The monoisotopic (exact) mass is 374 g/mol. The second kappa shape index (κ2) is 11.2. The fraction of sp³-hybridized carbons (Fsp3) is 0.500. The van der Waals surface area contributed by atoms with Crippen molar-refractivity contribution in [3.63, 3.8) is 0 Å². The van der Waals surface area contributed by atoms with Crippen LogP contribution >= 0.6 is 0 Å². The molecule has 0 saturated carbocycles. The summed E-state index contributed by atoms with van der Waals surface area (Å²) in [5.41, 5.74) is 1.51. The third-order valence-electron chi connectivity index (χ3n) is 4.30. The minimum Gasteiger partial charge on any atom is -0.370 e. The molecule has 2 aromatic rings. The van der Waals surface area contributed by atoms with Gasteiger partial charge in [-0.05, 0) is 51.0 Å². The molecule has 0 bridgehead atoms. The Balaban J connectivity index is 1.90. The Hall–Kier alpha value is -2.57. The summed E-state index contributed by atoms with van der Waals surface area (Å²) in [5, 5.41) is 10.7. The molecule has 0 saturated heterocycles. The number of anilines is 1. The van der Waals surface area contributed by atoms with Crippen molar-refractivity contribution in [2.45, 2.75) is 40.3 Å². The van der Waals surface area contributed by atoms with Gasteiger partial charge in [-0.15, -0.1) is 0 Å². The van der Waals surface area contributed by atoms with Crippen molar-refractivity contribution in [3.05, 3.63) is 48.0 Å². The van der Waals surface area contributed by atoms with Crippen LogP contribution in [0.4, 0.5) is 10.1 Å². The number of nitrogens with one attached hydrogen (secondary N) is 2. The van der Waals surface area contributed by atoms with Crippen molar-refractivity contribution in [2.75, 3.05) is 31.1 Å². The molecule has 148 valence electrons. The van der Waals surface area contributed by atoms with Gasteiger partial charge in [-0.2, -0.15) is 5.10 Å². The van der Waals surface area contributed by atoms with Gasteiger partial charge in [-0.1, -0.05) is 6.07 Å². The largest absolute Gasteiger partial charge is 0.370 e. The van der Waals surface area contributed by atoms with Crippen molar-refractivity contribution in [1.29, 1.82) is 0 Å². The number of halogens is 1. The van der Waals surface area contributed by atoms with Gasteiger partial charge in [-0.25, -0.2) is 9.38 Å². The predicted octanol–water partition coefficient (Wildman–Crippen LogP) is 3.01. The maximum atomic E-state index is 14.4. The molecule has 0 radical (unpaired) electrons. The number of benzene rings is 1. The number of guanidine groups is 1. The molecule has 0 amide bonds. The zero-order valence-electron chi connectivity index (χ0n) is 16.6. The van der Waals surface area contributed by atoms with E-state index >= 15 is 0 Å². The molecule has 0 fully saturated rings. The van der Waals surface area contributed by atoms with Gasteiger partial charge in [0.05, 0.1) is 12.2 Å². The second-order valence-corrected chi connectivity index (χ2v) is 6.20. The third kappa shape index (κ3) is 6.58. The number of hydrogen-bond donors (Lipinski definition) is 2. The SMILES string of the molecule is CCNC(=NCc1ccc(N(CC)CC)c(F)c1)NCCCn1cccn1. The van der Waals surface area contributed by atoms with Crippen LogP contribution in [0.1, 0.15) is 32.8 Å². The lowest BCUT2D eigenvalue weighted by Crippen LogP contribution is -2.38. The van der Waals surface area contributed by atoms with E-state index in [0.29, 0.717) is 12.2 Å². The topological polar surface area (TPSA) is 57.5 Å². The third-order valence-corrected chi connectivity index (χ3v) is 4.30. The van der Waals surface area contributed by atoms with Crippen LogP contribution in [-0.2, 0) is 13.1 Å². The van der Waals surface area contributed by atoms with Crippen molar-refractivity contribution in [2.24, 2.45) is 4.99 Å². The van der Waals surface area contributed by atoms with Crippen molar-refractivity contribution < 1.29 is 4.39 Å². The van der Waals surface area contributed by atoms with E-state index in [9.17, 15) is 4.39 Å². The van der Waals surface area contributed by atoms with Gasteiger partial charge >= 0.3 is 0 Å². The molecule has 1 heterocycles. The molecular formula is C20H31FN6. The first-order valence-electron chi connectivity index (χ1n) is 9.70. The molecule has 0 atom stereocenters. The molecule has 1 aromatic heterocycles. The number of aromatic nitrogens is 2. The molecule has 0 spiro atoms. The summed E-state index contributed by atoms with van der Waals surface area (Å²) in [6.07, 6.45) is 4.68. The van der Waals surface area contributed by atoms with Gasteiger partial charge in [0.2, 0.25) is 0 Å². The molecule has 0 unspecified atom stereocenters. The summed E-state index contributed by atoms with van der Waals surface area (Å²) in [6, 6.07) is 7.29. The molecule has 6 nitrogen and oxygen atoms in total. The Morgan fingerprint density at radius 1 is 1.22 bits per heavy atom. The fourth-order valence-corrected chi connectivity index (χ4v) is 2.86. The van der Waals surface area contributed by atoms with E-state index in [1.165, 1.54) is 0 Å². The van der Waals surface area contributed by atoms with E-state index in [4.69, 9.17) is 0 Å². The Morgan fingerprint density at radius 3 is 2.67 bits per heavy atom. The average molecular weight is 375 g/mol. The number of hydrogen-bond acceptors (Lipinski definition) is 3. The molecule has 0 aliphatic heterocycles. The lowest BCUT2D eigenvalue weighted by atomic mass is 10.2. The smallest absolute Gasteiger partial charge is 0.191 e. The van der Waals surface area contributed by atoms with Crippen molar-refractivity contribution in [1.82, 2.24) is 20.4 Å². The summed E-state index contributed by atoms with van der Waals surface area (Å²) in [7, 11) is 0. The Kier molecular flexibility index (Phi) is 8.61. The lowest BCUT2D eigenvalue weighted by molar-refractivity contribution is 0.570. The van der Waals surface area contributed by atoms with Crippen LogP contribution < -0.4 is 15.5 Å². The minimum atomic E-state index is -0.191. The van der Waals surface area contributed by atoms with Crippen LogP contribution in [0.3, 0.4) is 0 Å². The highest BCUT2D eigenvalue weighted by Crippen LogP contribution is 2.20. The maximum absolute atomic E-state index is 14.4. The fourth-order valence-electron chi connectivity index (χ4n) is 2.86. The number of rotatable bonds is 10. The number of nitrogens with zero attached hydrogens (tertiary/aromatic N) is 4. The van der Waals surface area contributed by atoms with Crippen molar-refractivity contribution in [3.8, 4) is 0 Å². The first kappa shape index (κ1) is 20.7. The van der Waals surface area contributed by atoms with Gasteiger partial charge in [0.1, 0.15) is 5.82 Å². The van der Waals surface area contributed by atoms with Crippen LogP contribution in [0.15, 0.2) is 41.7 Å². The Labute approximate surface area is 161 Å². The molecule has 0 aliphatic carbocycles. The second-order valence-electron chi connectivity index (χ2n) is 6.20. The van der Waals surface area contributed by atoms with Crippen molar-refractivity contribution >= 4 is 11.6 Å². The van der Waals surface area contributed by atoms with Gasteiger partial charge in [-0.3, -0.25) is 4.68 Å². The summed E-state index contributed by atoms with van der Waals surface area (Å²) >= 11 is 0. The highest BCUT2D eigenvalue weighted by atomic mass is 19.1. The molecule has 2 rings (SSSR count). The molecule has 27 heavy (non-hydrogen) atoms. The first-order chi connectivity index (χ1) is 13.2. The zero-order valence-corrected chi connectivity index (χ0v) is 16.6. The Bertz CT molecular complexity index is 695. The van der Waals surface area contributed by atoms with E-state index in [-0.39, 0.29) is 5.82 Å². The normalized spacial score (nSPS) is 11.5. The van der Waals surface area contributed by atoms with Crippen LogP contribution in [0.2, 0.25) is 0 Å². The number of aryl methyl sites for hydroxylation is 1. The van der Waals surface area contributed by atoms with Gasteiger partial charge < -0.3 is 15.5 Å². The van der Waals surface area contributed by atoms with Crippen LogP contribution in [0.5, 0.6) is 0 Å². The molecular weight excluding hydrogens is 343 g/mol. The summed E-state index contributed by atoms with van der Waals surface area (Å²) in [6.45, 7) is 10.5. The highest BCUT2D eigenvalue weighted by Gasteiger charge is 2.09. The molecule has 7 heteroatoms. The minimum absolute atomic E-state index is 0.191. The molecule has 2 N–H and O–H groups in total. The summed E-state index contributed by atoms with van der Waals surface area (Å²) in [5.74, 6) is 0.551. The quantitative estimate of drug-likeness (QED) is 0.381. The molecule has 1 aromatic carbocycles. The van der Waals surface area contributed by atoms with Crippen LogP contribution in [0.25, 0.3) is 0 Å². The highest BCUT2D eigenvalue weighted by molar-refractivity contribution is 5.79. The van der Waals surface area contributed by atoms with E-state index in [0.717, 1.165) is 50.7 Å². The molecule has 0 aliphatic rings. The Morgan fingerprint density at radius 2 is 2.04 bits per heavy atom. The average Bonchev–Trinajstić information content (AvgIpc) is 3.19.